The minimum atomic E-state index is 0.109. The standard InChI is InChI=1S/C14H25NO/c1-7-8-15-9-11(14(4,5)6)12(10(2)3)13(15)16/h10H,7-9H2,1-6H3. The zero-order valence-corrected chi connectivity index (χ0v) is 11.6. The fourth-order valence-corrected chi connectivity index (χ4v) is 2.33. The van der Waals surface area contributed by atoms with Crippen LogP contribution in [0.1, 0.15) is 48.0 Å². The first kappa shape index (κ1) is 13.3. The molecule has 2 heteroatoms. The van der Waals surface area contributed by atoms with Crippen LogP contribution in [0.5, 0.6) is 0 Å². The van der Waals surface area contributed by atoms with Crippen LogP contribution < -0.4 is 0 Å². The number of nitrogens with zero attached hydrogens (tertiary/aromatic N) is 1. The van der Waals surface area contributed by atoms with Gasteiger partial charge in [0.15, 0.2) is 0 Å². The van der Waals surface area contributed by atoms with Gasteiger partial charge in [0.05, 0.1) is 0 Å². The Morgan fingerprint density at radius 3 is 2.19 bits per heavy atom. The zero-order valence-electron chi connectivity index (χ0n) is 11.6. The van der Waals surface area contributed by atoms with E-state index in [1.165, 1.54) is 5.57 Å². The first-order valence-electron chi connectivity index (χ1n) is 6.31. The number of rotatable bonds is 3. The summed E-state index contributed by atoms with van der Waals surface area (Å²) >= 11 is 0. The van der Waals surface area contributed by atoms with Crippen molar-refractivity contribution in [2.75, 3.05) is 13.1 Å². The zero-order chi connectivity index (χ0) is 12.5. The lowest BCUT2D eigenvalue weighted by Gasteiger charge is -2.23. The lowest BCUT2D eigenvalue weighted by Crippen LogP contribution is -2.29. The van der Waals surface area contributed by atoms with Gasteiger partial charge in [0, 0.05) is 18.7 Å². The number of hydrogen-bond donors (Lipinski definition) is 0. The fourth-order valence-electron chi connectivity index (χ4n) is 2.33. The van der Waals surface area contributed by atoms with E-state index in [0.717, 1.165) is 25.1 Å². The summed E-state index contributed by atoms with van der Waals surface area (Å²) in [5.74, 6) is 0.602. The SMILES string of the molecule is CCCN1CC(C(C)(C)C)=C(C(C)C)C1=O. The van der Waals surface area contributed by atoms with Gasteiger partial charge in [0.2, 0.25) is 5.91 Å². The van der Waals surface area contributed by atoms with Gasteiger partial charge in [-0.25, -0.2) is 0 Å². The Labute approximate surface area is 99.7 Å². The summed E-state index contributed by atoms with van der Waals surface area (Å²) in [5.41, 5.74) is 2.50. The van der Waals surface area contributed by atoms with E-state index in [9.17, 15) is 4.79 Å². The highest BCUT2D eigenvalue weighted by atomic mass is 16.2. The minimum Gasteiger partial charge on any atom is -0.335 e. The van der Waals surface area contributed by atoms with Crippen molar-refractivity contribution in [2.24, 2.45) is 11.3 Å². The summed E-state index contributed by atoms with van der Waals surface area (Å²) in [6.07, 6.45) is 1.04. The molecule has 0 saturated heterocycles. The van der Waals surface area contributed by atoms with Gasteiger partial charge < -0.3 is 4.90 Å². The Kier molecular flexibility index (Phi) is 3.82. The largest absolute Gasteiger partial charge is 0.335 e. The molecule has 2 nitrogen and oxygen atoms in total. The van der Waals surface area contributed by atoms with Crippen molar-refractivity contribution < 1.29 is 4.79 Å². The first-order chi connectivity index (χ1) is 7.29. The molecule has 92 valence electrons. The van der Waals surface area contributed by atoms with Gasteiger partial charge in [-0.1, -0.05) is 41.5 Å². The molecule has 1 rings (SSSR count). The highest BCUT2D eigenvalue weighted by molar-refractivity contribution is 5.97. The van der Waals surface area contributed by atoms with Gasteiger partial charge in [-0.15, -0.1) is 0 Å². The maximum atomic E-state index is 12.3. The van der Waals surface area contributed by atoms with Crippen molar-refractivity contribution in [1.29, 1.82) is 0 Å². The van der Waals surface area contributed by atoms with E-state index in [1.54, 1.807) is 0 Å². The highest BCUT2D eigenvalue weighted by Gasteiger charge is 2.36. The van der Waals surface area contributed by atoms with Crippen LogP contribution in [0, 0.1) is 11.3 Å². The second kappa shape index (κ2) is 4.60. The highest BCUT2D eigenvalue weighted by Crippen LogP contribution is 2.36. The van der Waals surface area contributed by atoms with Gasteiger partial charge in [0.1, 0.15) is 0 Å². The third kappa shape index (κ3) is 2.47. The van der Waals surface area contributed by atoms with E-state index < -0.39 is 0 Å². The molecule has 0 fully saturated rings. The van der Waals surface area contributed by atoms with Gasteiger partial charge in [-0.05, 0) is 23.3 Å². The van der Waals surface area contributed by atoms with Crippen molar-refractivity contribution >= 4 is 5.91 Å². The van der Waals surface area contributed by atoms with Crippen molar-refractivity contribution in [3.05, 3.63) is 11.1 Å². The van der Waals surface area contributed by atoms with Crippen LogP contribution in [-0.2, 0) is 4.79 Å². The normalized spacial score (nSPS) is 17.9. The predicted octanol–water partition coefficient (Wildman–Crippen LogP) is 3.24. The Bertz CT molecular complexity index is 307. The lowest BCUT2D eigenvalue weighted by molar-refractivity contribution is -0.125. The van der Waals surface area contributed by atoms with E-state index in [1.807, 2.05) is 4.90 Å². The Balaban J connectivity index is 3.05. The van der Waals surface area contributed by atoms with Crippen molar-refractivity contribution in [3.8, 4) is 0 Å². The van der Waals surface area contributed by atoms with Gasteiger partial charge in [-0.2, -0.15) is 0 Å². The van der Waals surface area contributed by atoms with Crippen LogP contribution in [-0.4, -0.2) is 23.9 Å². The average Bonchev–Trinajstić information content (AvgIpc) is 2.44. The molecule has 0 bridgehead atoms. The van der Waals surface area contributed by atoms with Crippen molar-refractivity contribution in [2.45, 2.75) is 48.0 Å². The van der Waals surface area contributed by atoms with Crippen LogP contribution in [0.4, 0.5) is 0 Å². The second-order valence-electron chi connectivity index (χ2n) is 6.02. The van der Waals surface area contributed by atoms with Crippen LogP contribution in [0.2, 0.25) is 0 Å². The van der Waals surface area contributed by atoms with Crippen molar-refractivity contribution in [1.82, 2.24) is 4.90 Å². The summed E-state index contributed by atoms with van der Waals surface area (Å²) in [4.78, 5) is 14.3. The summed E-state index contributed by atoms with van der Waals surface area (Å²) in [6, 6.07) is 0. The summed E-state index contributed by atoms with van der Waals surface area (Å²) in [7, 11) is 0. The molecule has 1 heterocycles. The lowest BCUT2D eigenvalue weighted by atomic mass is 9.82. The molecule has 1 aliphatic rings. The van der Waals surface area contributed by atoms with Crippen LogP contribution in [0.3, 0.4) is 0 Å². The monoisotopic (exact) mass is 223 g/mol. The van der Waals surface area contributed by atoms with Crippen molar-refractivity contribution in [3.63, 3.8) is 0 Å². The maximum absolute atomic E-state index is 12.3. The Morgan fingerprint density at radius 2 is 1.88 bits per heavy atom. The molecule has 0 N–H and O–H groups in total. The summed E-state index contributed by atoms with van der Waals surface area (Å²) < 4.78 is 0. The molecule has 0 spiro atoms. The number of carbonyl (C=O) groups excluding carboxylic acids is 1. The van der Waals surface area contributed by atoms with Crippen LogP contribution >= 0.6 is 0 Å². The molecular formula is C14H25NO. The number of carbonyl (C=O) groups is 1. The van der Waals surface area contributed by atoms with Crippen LogP contribution in [0.15, 0.2) is 11.1 Å². The molecule has 0 aliphatic carbocycles. The molecular weight excluding hydrogens is 198 g/mol. The fraction of sp³-hybridized carbons (Fsp3) is 0.786. The number of amides is 1. The first-order valence-corrected chi connectivity index (χ1v) is 6.31. The smallest absolute Gasteiger partial charge is 0.250 e. The molecule has 0 atom stereocenters. The van der Waals surface area contributed by atoms with Crippen LogP contribution in [0.25, 0.3) is 0 Å². The van der Waals surface area contributed by atoms with E-state index in [4.69, 9.17) is 0 Å². The Morgan fingerprint density at radius 1 is 1.31 bits per heavy atom. The molecule has 0 aromatic carbocycles. The number of hydrogen-bond acceptors (Lipinski definition) is 1. The predicted molar refractivity (Wildman–Crippen MR) is 68.2 cm³/mol. The molecule has 0 radical (unpaired) electrons. The molecule has 16 heavy (non-hydrogen) atoms. The summed E-state index contributed by atoms with van der Waals surface area (Å²) in [5, 5.41) is 0. The van der Waals surface area contributed by atoms with Gasteiger partial charge >= 0.3 is 0 Å². The minimum absolute atomic E-state index is 0.109. The quantitative estimate of drug-likeness (QED) is 0.719. The van der Waals surface area contributed by atoms with E-state index in [0.29, 0.717) is 5.92 Å². The molecule has 0 unspecified atom stereocenters. The second-order valence-corrected chi connectivity index (χ2v) is 6.02. The van der Waals surface area contributed by atoms with Gasteiger partial charge in [-0.3, -0.25) is 4.79 Å². The maximum Gasteiger partial charge on any atom is 0.250 e. The molecule has 1 amide bonds. The third-order valence-corrected chi connectivity index (χ3v) is 3.17. The van der Waals surface area contributed by atoms with E-state index in [-0.39, 0.29) is 11.3 Å². The summed E-state index contributed by atoms with van der Waals surface area (Å²) in [6.45, 7) is 14.7. The van der Waals surface area contributed by atoms with E-state index in [2.05, 4.69) is 41.5 Å². The van der Waals surface area contributed by atoms with E-state index >= 15 is 0 Å². The molecule has 0 aromatic heterocycles. The average molecular weight is 223 g/mol. The Hall–Kier alpha value is -0.790. The third-order valence-electron chi connectivity index (χ3n) is 3.17. The molecule has 0 aromatic rings. The molecule has 0 saturated carbocycles. The topological polar surface area (TPSA) is 20.3 Å². The van der Waals surface area contributed by atoms with Gasteiger partial charge in [0.25, 0.3) is 0 Å². The molecule has 1 aliphatic heterocycles.